The number of amides is 1. The second-order valence-electron chi connectivity index (χ2n) is 8.18. The second kappa shape index (κ2) is 13.7. The molecule has 12 nitrogen and oxygen atoms in total. The maximum atomic E-state index is 13.5. The first-order valence-corrected chi connectivity index (χ1v) is 12.5. The summed E-state index contributed by atoms with van der Waals surface area (Å²) < 4.78 is 25.7. The van der Waals surface area contributed by atoms with Gasteiger partial charge >= 0.3 is 29.8 Å². The van der Waals surface area contributed by atoms with Crippen LogP contribution in [0.15, 0.2) is 0 Å². The first kappa shape index (κ1) is 29.7. The number of thiophene rings is 1. The van der Waals surface area contributed by atoms with E-state index >= 15 is 0 Å². The summed E-state index contributed by atoms with van der Waals surface area (Å²) in [5.74, 6) is -4.89. The average Bonchev–Trinajstić information content (AvgIpc) is 3.16. The molecule has 1 amide bonds. The summed E-state index contributed by atoms with van der Waals surface area (Å²) in [6, 6.07) is 0. The number of aryl methyl sites for hydroxylation is 1. The predicted octanol–water partition coefficient (Wildman–Crippen LogP) is 2.10. The molecule has 0 unspecified atom stereocenters. The Kier molecular flexibility index (Phi) is 11.0. The number of esters is 5. The number of anilines is 1. The van der Waals surface area contributed by atoms with Crippen LogP contribution < -0.4 is 5.32 Å². The third-order valence-corrected chi connectivity index (χ3v) is 6.38. The van der Waals surface area contributed by atoms with E-state index in [-0.39, 0.29) is 17.2 Å². The van der Waals surface area contributed by atoms with Crippen LogP contribution in [0.5, 0.6) is 0 Å². The molecule has 1 heterocycles. The van der Waals surface area contributed by atoms with Gasteiger partial charge in [0.1, 0.15) is 11.6 Å². The number of hydrogen-bond donors (Lipinski definition) is 1. The van der Waals surface area contributed by atoms with Gasteiger partial charge in [-0.15, -0.1) is 11.3 Å². The number of rotatable bonds is 11. The Morgan fingerprint density at radius 1 is 0.838 bits per heavy atom. The van der Waals surface area contributed by atoms with Crippen LogP contribution in [0.25, 0.3) is 0 Å². The van der Waals surface area contributed by atoms with Gasteiger partial charge in [0.05, 0.1) is 12.2 Å². The van der Waals surface area contributed by atoms with Crippen molar-refractivity contribution >= 4 is 52.1 Å². The van der Waals surface area contributed by atoms with Crippen molar-refractivity contribution in [3.05, 3.63) is 16.0 Å². The van der Waals surface area contributed by atoms with Crippen molar-refractivity contribution in [2.45, 2.75) is 78.6 Å². The maximum absolute atomic E-state index is 13.5. The minimum absolute atomic E-state index is 0.127. The number of carbonyl (C=O) groups excluding carboxylic acids is 6. The zero-order valence-corrected chi connectivity index (χ0v) is 22.2. The van der Waals surface area contributed by atoms with Crippen molar-refractivity contribution in [2.75, 3.05) is 18.5 Å². The number of nitrogens with one attached hydrogen (secondary N) is 1. The Morgan fingerprint density at radius 2 is 1.46 bits per heavy atom. The fourth-order valence-corrected chi connectivity index (χ4v) is 5.12. The smallest absolute Gasteiger partial charge is 0.341 e. The van der Waals surface area contributed by atoms with Crippen LogP contribution in [0.3, 0.4) is 0 Å². The van der Waals surface area contributed by atoms with Crippen molar-refractivity contribution in [1.82, 2.24) is 0 Å². The molecule has 0 radical (unpaired) electrons. The molecular formula is C24H31NO11S. The summed E-state index contributed by atoms with van der Waals surface area (Å²) in [5, 5.41) is 2.79. The topological polar surface area (TPSA) is 161 Å². The van der Waals surface area contributed by atoms with Crippen LogP contribution in [0.2, 0.25) is 0 Å². The van der Waals surface area contributed by atoms with E-state index < -0.39 is 60.7 Å². The lowest BCUT2D eigenvalue weighted by atomic mass is 9.95. The van der Waals surface area contributed by atoms with Crippen molar-refractivity contribution in [1.29, 1.82) is 0 Å². The van der Waals surface area contributed by atoms with Crippen LogP contribution >= 0.6 is 11.3 Å². The van der Waals surface area contributed by atoms with Gasteiger partial charge < -0.3 is 29.0 Å². The van der Waals surface area contributed by atoms with Gasteiger partial charge in [0.15, 0.2) is 12.2 Å². The summed E-state index contributed by atoms with van der Waals surface area (Å²) in [6.45, 7) is 5.45. The molecule has 3 atom stereocenters. The molecule has 0 fully saturated rings. The maximum Gasteiger partial charge on any atom is 0.341 e. The molecule has 1 aromatic rings. The molecule has 0 saturated carbocycles. The Hall–Kier alpha value is -3.48. The van der Waals surface area contributed by atoms with Gasteiger partial charge in [-0.1, -0.05) is 0 Å². The van der Waals surface area contributed by atoms with Crippen LogP contribution in [0.1, 0.15) is 68.3 Å². The summed E-state index contributed by atoms with van der Waals surface area (Å²) in [5.41, 5.74) is 1.01. The number of hydrogen-bond acceptors (Lipinski definition) is 12. The molecule has 1 aliphatic rings. The quantitative estimate of drug-likeness (QED) is 0.323. The highest BCUT2D eigenvalue weighted by Gasteiger charge is 2.43. The van der Waals surface area contributed by atoms with Gasteiger partial charge in [0.25, 0.3) is 5.91 Å². The summed E-state index contributed by atoms with van der Waals surface area (Å²) in [6.07, 6.45) is -1.83. The summed E-state index contributed by atoms with van der Waals surface area (Å²) in [4.78, 5) is 74.1. The molecule has 204 valence electrons. The third-order valence-electron chi connectivity index (χ3n) is 5.17. The van der Waals surface area contributed by atoms with E-state index in [1.165, 1.54) is 11.3 Å². The summed E-state index contributed by atoms with van der Waals surface area (Å²) in [7, 11) is 0. The lowest BCUT2D eigenvalue weighted by Gasteiger charge is -2.30. The molecule has 13 heteroatoms. The van der Waals surface area contributed by atoms with Gasteiger partial charge in [0.2, 0.25) is 6.10 Å². The minimum Gasteiger partial charge on any atom is -0.462 e. The standard InChI is InChI=1S/C24H31NO11S/c1-6-32-24(31)19-16-9-7-8-10-18(16)37-23(19)25-22(30)21(36-15(5)29)20(35-14(4)28)17(34-13(3)27)11-33-12(2)26/h17,20-21H,6-11H2,1-5H3,(H,25,30)/t17-,20-,21-/m0/s1. The van der Waals surface area contributed by atoms with E-state index in [0.717, 1.165) is 57.4 Å². The molecule has 0 saturated heterocycles. The van der Waals surface area contributed by atoms with Crippen molar-refractivity contribution in [3.63, 3.8) is 0 Å². The number of ether oxygens (including phenoxy) is 5. The predicted molar refractivity (Wildman–Crippen MR) is 129 cm³/mol. The van der Waals surface area contributed by atoms with Crippen LogP contribution in [0.4, 0.5) is 5.00 Å². The fraction of sp³-hybridized carbons (Fsp3) is 0.583. The molecule has 2 rings (SSSR count). The fourth-order valence-electron chi connectivity index (χ4n) is 3.84. The van der Waals surface area contributed by atoms with E-state index in [1.807, 2.05) is 0 Å². The lowest BCUT2D eigenvalue weighted by molar-refractivity contribution is -0.190. The van der Waals surface area contributed by atoms with E-state index in [2.05, 4.69) is 5.32 Å². The Bertz CT molecular complexity index is 1050. The molecule has 0 spiro atoms. The minimum atomic E-state index is -1.82. The molecule has 0 bridgehead atoms. The average molecular weight is 542 g/mol. The highest BCUT2D eigenvalue weighted by atomic mass is 32.1. The van der Waals surface area contributed by atoms with Crippen LogP contribution in [-0.2, 0) is 60.5 Å². The van der Waals surface area contributed by atoms with Crippen molar-refractivity contribution in [3.8, 4) is 0 Å². The monoisotopic (exact) mass is 541 g/mol. The molecule has 1 aromatic heterocycles. The Morgan fingerprint density at radius 3 is 2.03 bits per heavy atom. The molecular weight excluding hydrogens is 510 g/mol. The number of fused-ring (bicyclic) bond motifs is 1. The second-order valence-corrected chi connectivity index (χ2v) is 9.28. The molecule has 37 heavy (non-hydrogen) atoms. The highest BCUT2D eigenvalue weighted by molar-refractivity contribution is 7.17. The lowest BCUT2D eigenvalue weighted by Crippen LogP contribution is -2.52. The van der Waals surface area contributed by atoms with Gasteiger partial charge in [-0.05, 0) is 38.2 Å². The van der Waals surface area contributed by atoms with Crippen molar-refractivity contribution < 1.29 is 52.5 Å². The van der Waals surface area contributed by atoms with Crippen LogP contribution in [-0.4, -0.2) is 67.3 Å². The van der Waals surface area contributed by atoms with Crippen LogP contribution in [0, 0.1) is 0 Å². The molecule has 1 N–H and O–H groups in total. The van der Waals surface area contributed by atoms with Gasteiger partial charge in [0, 0.05) is 32.6 Å². The molecule has 1 aliphatic carbocycles. The van der Waals surface area contributed by atoms with Gasteiger partial charge in [-0.25, -0.2) is 4.79 Å². The van der Waals surface area contributed by atoms with Gasteiger partial charge in [-0.3, -0.25) is 24.0 Å². The third kappa shape index (κ3) is 8.55. The van der Waals surface area contributed by atoms with E-state index in [9.17, 15) is 28.8 Å². The molecule has 0 aromatic carbocycles. The molecule has 0 aliphatic heterocycles. The Balaban J connectivity index is 2.49. The number of carbonyl (C=O) groups is 6. The normalized spacial score (nSPS) is 14.7. The van der Waals surface area contributed by atoms with Gasteiger partial charge in [-0.2, -0.15) is 0 Å². The highest BCUT2D eigenvalue weighted by Crippen LogP contribution is 2.39. The van der Waals surface area contributed by atoms with Crippen molar-refractivity contribution in [2.24, 2.45) is 0 Å². The first-order chi connectivity index (χ1) is 17.4. The van der Waals surface area contributed by atoms with E-state index in [1.54, 1.807) is 6.92 Å². The zero-order chi connectivity index (χ0) is 27.7. The SMILES string of the molecule is CCOC(=O)c1c(NC(=O)[C@@H](OC(C)=O)[C@@H](OC(C)=O)[C@H](COC(C)=O)OC(C)=O)sc2c1CCCC2. The Labute approximate surface area is 217 Å². The zero-order valence-electron chi connectivity index (χ0n) is 21.4. The van der Waals surface area contributed by atoms with E-state index in [0.29, 0.717) is 6.42 Å². The summed E-state index contributed by atoms with van der Waals surface area (Å²) >= 11 is 1.20. The first-order valence-electron chi connectivity index (χ1n) is 11.7. The van der Waals surface area contributed by atoms with E-state index in [4.69, 9.17) is 23.7 Å². The largest absolute Gasteiger partial charge is 0.462 e.